The Bertz CT molecular complexity index is 1100. The van der Waals surface area contributed by atoms with Crippen LogP contribution in [0.25, 0.3) is 0 Å². The maximum absolute atomic E-state index is 13.5. The van der Waals surface area contributed by atoms with Gasteiger partial charge in [-0.25, -0.2) is 8.42 Å². The van der Waals surface area contributed by atoms with Gasteiger partial charge < -0.3 is 10.2 Å². The Balaban J connectivity index is 2.41. The van der Waals surface area contributed by atoms with Gasteiger partial charge in [-0.1, -0.05) is 41.9 Å². The van der Waals surface area contributed by atoms with Gasteiger partial charge in [0.1, 0.15) is 12.6 Å². The smallest absolute Gasteiger partial charge is 0.244 e. The molecule has 2 aromatic carbocycles. The Kier molecular flexibility index (Phi) is 8.54. The third-order valence-corrected chi connectivity index (χ3v) is 6.33. The number of carbonyl (C=O) groups is 2. The first-order chi connectivity index (χ1) is 15.2. The van der Waals surface area contributed by atoms with E-state index in [9.17, 15) is 18.0 Å². The summed E-state index contributed by atoms with van der Waals surface area (Å²) in [5.41, 5.74) is 1.33. The molecule has 0 spiro atoms. The first-order valence-electron chi connectivity index (χ1n) is 10.6. The highest BCUT2D eigenvalue weighted by Gasteiger charge is 2.31. The predicted octanol–water partition coefficient (Wildman–Crippen LogP) is 3.75. The van der Waals surface area contributed by atoms with Gasteiger partial charge in [-0.2, -0.15) is 0 Å². The SMILES string of the molecule is Cc1cc(Cl)ccc1N(CC(=O)N(Cc1ccccc1)C(C)C(=O)NC(C)(C)C)S(C)(=O)=O. The number of aryl methyl sites for hydroxylation is 1. The molecular weight excluding hydrogens is 462 g/mol. The van der Waals surface area contributed by atoms with Crippen LogP contribution in [0.5, 0.6) is 0 Å². The molecule has 0 aliphatic heterocycles. The molecule has 0 heterocycles. The molecule has 0 aromatic heterocycles. The van der Waals surface area contributed by atoms with Crippen molar-refractivity contribution in [2.24, 2.45) is 0 Å². The minimum atomic E-state index is -3.79. The summed E-state index contributed by atoms with van der Waals surface area (Å²) >= 11 is 6.02. The van der Waals surface area contributed by atoms with Crippen LogP contribution in [0.2, 0.25) is 5.02 Å². The fourth-order valence-corrected chi connectivity index (χ4v) is 4.46. The standard InChI is InChI=1S/C24H32ClN3O4S/c1-17-14-20(25)12-13-21(17)28(33(6,31)32)16-22(29)27(15-19-10-8-7-9-11-19)18(2)23(30)26-24(3,4)5/h7-14,18H,15-16H2,1-6H3,(H,26,30). The fraction of sp³-hybridized carbons (Fsp3) is 0.417. The average molecular weight is 494 g/mol. The van der Waals surface area contributed by atoms with Gasteiger partial charge in [0, 0.05) is 17.1 Å². The third-order valence-electron chi connectivity index (χ3n) is 4.97. The van der Waals surface area contributed by atoms with E-state index in [1.54, 1.807) is 32.0 Å². The van der Waals surface area contributed by atoms with Gasteiger partial charge in [-0.3, -0.25) is 13.9 Å². The van der Waals surface area contributed by atoms with E-state index >= 15 is 0 Å². The normalized spacial score (nSPS) is 12.7. The summed E-state index contributed by atoms with van der Waals surface area (Å²) in [5.74, 6) is -0.810. The molecule has 0 saturated heterocycles. The van der Waals surface area contributed by atoms with E-state index in [4.69, 9.17) is 11.6 Å². The number of anilines is 1. The van der Waals surface area contributed by atoms with E-state index in [1.165, 1.54) is 4.90 Å². The minimum absolute atomic E-state index is 0.162. The van der Waals surface area contributed by atoms with E-state index in [0.717, 1.165) is 16.1 Å². The van der Waals surface area contributed by atoms with Crippen LogP contribution >= 0.6 is 11.6 Å². The Morgan fingerprint density at radius 2 is 1.70 bits per heavy atom. The van der Waals surface area contributed by atoms with Gasteiger partial charge >= 0.3 is 0 Å². The summed E-state index contributed by atoms with van der Waals surface area (Å²) in [5, 5.41) is 3.36. The number of amides is 2. The van der Waals surface area contributed by atoms with Crippen molar-refractivity contribution in [2.75, 3.05) is 17.1 Å². The molecule has 0 bridgehead atoms. The number of nitrogens with zero attached hydrogens (tertiary/aromatic N) is 2. The van der Waals surface area contributed by atoms with Crippen LogP contribution in [0, 0.1) is 6.92 Å². The highest BCUT2D eigenvalue weighted by Crippen LogP contribution is 2.26. The summed E-state index contributed by atoms with van der Waals surface area (Å²) in [4.78, 5) is 27.8. The molecule has 0 fully saturated rings. The second-order valence-corrected chi connectivity index (χ2v) is 11.5. The first kappa shape index (κ1) is 26.7. The van der Waals surface area contributed by atoms with Crippen molar-refractivity contribution in [1.82, 2.24) is 10.2 Å². The van der Waals surface area contributed by atoms with Crippen LogP contribution in [-0.4, -0.2) is 49.5 Å². The zero-order chi connectivity index (χ0) is 25.0. The monoisotopic (exact) mass is 493 g/mol. The molecule has 0 radical (unpaired) electrons. The Morgan fingerprint density at radius 3 is 2.21 bits per heavy atom. The maximum Gasteiger partial charge on any atom is 0.244 e. The molecule has 0 aliphatic rings. The Hall–Kier alpha value is -2.58. The van der Waals surface area contributed by atoms with E-state index < -0.39 is 34.1 Å². The predicted molar refractivity (Wildman–Crippen MR) is 133 cm³/mol. The average Bonchev–Trinajstić information content (AvgIpc) is 2.69. The minimum Gasteiger partial charge on any atom is -0.350 e. The van der Waals surface area contributed by atoms with Crippen molar-refractivity contribution in [2.45, 2.75) is 52.7 Å². The maximum atomic E-state index is 13.5. The molecule has 0 aliphatic carbocycles. The number of hydrogen-bond donors (Lipinski definition) is 1. The largest absolute Gasteiger partial charge is 0.350 e. The second-order valence-electron chi connectivity index (χ2n) is 9.12. The highest BCUT2D eigenvalue weighted by atomic mass is 35.5. The van der Waals surface area contributed by atoms with E-state index in [-0.39, 0.29) is 12.5 Å². The highest BCUT2D eigenvalue weighted by molar-refractivity contribution is 7.92. The molecule has 2 aromatic rings. The number of benzene rings is 2. The molecule has 2 rings (SSSR count). The molecule has 1 N–H and O–H groups in total. The Morgan fingerprint density at radius 1 is 1.09 bits per heavy atom. The second kappa shape index (κ2) is 10.6. The Labute approximate surface area is 201 Å². The molecule has 0 saturated carbocycles. The van der Waals surface area contributed by atoms with Gasteiger partial charge in [0.2, 0.25) is 21.8 Å². The molecule has 33 heavy (non-hydrogen) atoms. The van der Waals surface area contributed by atoms with Crippen molar-refractivity contribution in [1.29, 1.82) is 0 Å². The van der Waals surface area contributed by atoms with Crippen LogP contribution in [0.3, 0.4) is 0 Å². The number of halogens is 1. The third kappa shape index (κ3) is 7.75. The molecule has 2 amide bonds. The lowest BCUT2D eigenvalue weighted by Crippen LogP contribution is -2.54. The number of carbonyl (C=O) groups excluding carboxylic acids is 2. The number of rotatable bonds is 8. The van der Waals surface area contributed by atoms with Gasteiger partial charge in [0.05, 0.1) is 11.9 Å². The summed E-state index contributed by atoms with van der Waals surface area (Å²) in [6.07, 6.45) is 1.05. The van der Waals surface area contributed by atoms with Crippen LogP contribution in [0.15, 0.2) is 48.5 Å². The summed E-state index contributed by atoms with van der Waals surface area (Å²) in [7, 11) is -3.79. The van der Waals surface area contributed by atoms with E-state index in [1.807, 2.05) is 51.1 Å². The number of sulfonamides is 1. The molecular formula is C24H32ClN3O4S. The zero-order valence-electron chi connectivity index (χ0n) is 19.9. The molecule has 9 heteroatoms. The summed E-state index contributed by atoms with van der Waals surface area (Å²) in [6, 6.07) is 13.2. The fourth-order valence-electron chi connectivity index (χ4n) is 3.33. The number of hydrogen-bond acceptors (Lipinski definition) is 4. The van der Waals surface area contributed by atoms with Gasteiger partial charge in [0.25, 0.3) is 0 Å². The van der Waals surface area contributed by atoms with Gasteiger partial charge in [0.15, 0.2) is 0 Å². The van der Waals surface area contributed by atoms with Crippen molar-refractivity contribution in [3.05, 3.63) is 64.7 Å². The summed E-state index contributed by atoms with van der Waals surface area (Å²) in [6.45, 7) is 8.66. The quantitative estimate of drug-likeness (QED) is 0.606. The molecule has 1 unspecified atom stereocenters. The summed E-state index contributed by atoms with van der Waals surface area (Å²) < 4.78 is 26.3. The molecule has 7 nitrogen and oxygen atoms in total. The van der Waals surface area contributed by atoms with Crippen LogP contribution in [0.1, 0.15) is 38.8 Å². The lowest BCUT2D eigenvalue weighted by Gasteiger charge is -2.33. The molecule has 1 atom stereocenters. The van der Waals surface area contributed by atoms with Crippen molar-refractivity contribution >= 4 is 39.1 Å². The van der Waals surface area contributed by atoms with Crippen LogP contribution in [-0.2, 0) is 26.2 Å². The topological polar surface area (TPSA) is 86.8 Å². The van der Waals surface area contributed by atoms with Crippen molar-refractivity contribution in [3.8, 4) is 0 Å². The zero-order valence-corrected chi connectivity index (χ0v) is 21.5. The van der Waals surface area contributed by atoms with E-state index in [2.05, 4.69) is 5.32 Å². The first-order valence-corrected chi connectivity index (χ1v) is 12.8. The molecule has 180 valence electrons. The van der Waals surface area contributed by atoms with Crippen molar-refractivity contribution < 1.29 is 18.0 Å². The lowest BCUT2D eigenvalue weighted by atomic mass is 10.1. The van der Waals surface area contributed by atoms with E-state index in [0.29, 0.717) is 16.3 Å². The number of nitrogens with one attached hydrogen (secondary N) is 1. The van der Waals surface area contributed by atoms with Crippen LogP contribution in [0.4, 0.5) is 5.69 Å². The van der Waals surface area contributed by atoms with Gasteiger partial charge in [-0.15, -0.1) is 0 Å². The lowest BCUT2D eigenvalue weighted by molar-refractivity contribution is -0.140. The van der Waals surface area contributed by atoms with Gasteiger partial charge in [-0.05, 0) is 63.9 Å². The van der Waals surface area contributed by atoms with Crippen LogP contribution < -0.4 is 9.62 Å². The van der Waals surface area contributed by atoms with Crippen molar-refractivity contribution in [3.63, 3.8) is 0 Å².